The molecule has 1 amide bonds. The molecule has 0 aliphatic heterocycles. The molecule has 100 valence electrons. The van der Waals surface area contributed by atoms with E-state index in [0.29, 0.717) is 0 Å². The van der Waals surface area contributed by atoms with E-state index in [2.05, 4.69) is 6.92 Å². The molecule has 0 spiro atoms. The molecule has 0 aliphatic carbocycles. The monoisotopic (exact) mass is 271 g/mol. The smallest absolute Gasteiger partial charge is 0.256 e. The van der Waals surface area contributed by atoms with Gasteiger partial charge in [-0.15, -0.1) is 0 Å². The van der Waals surface area contributed by atoms with E-state index in [4.69, 9.17) is 5.11 Å². The normalized spacial score (nSPS) is 12.2. The van der Waals surface area contributed by atoms with Gasteiger partial charge in [0.1, 0.15) is 11.6 Å². The maximum atomic E-state index is 13.6. The average molecular weight is 271 g/mol. The van der Waals surface area contributed by atoms with E-state index >= 15 is 0 Å². The number of carbonyl (C=O) groups is 1. The summed E-state index contributed by atoms with van der Waals surface area (Å²) in [6.07, 6.45) is 0. The molecule has 0 heterocycles. The summed E-state index contributed by atoms with van der Waals surface area (Å²) in [6.45, 7) is 3.98. The zero-order valence-corrected chi connectivity index (χ0v) is 11.6. The van der Waals surface area contributed by atoms with Gasteiger partial charge in [0.2, 0.25) is 0 Å². The molecular formula is C13H18FNO2S. The minimum Gasteiger partial charge on any atom is -0.508 e. The number of carbonyl (C=O) groups excluding carboxylic acids is 1. The zero-order valence-electron chi connectivity index (χ0n) is 10.8. The first-order valence-corrected chi connectivity index (χ1v) is 6.96. The number of thioether (sulfide) groups is 1. The van der Waals surface area contributed by atoms with Crippen molar-refractivity contribution in [3.63, 3.8) is 0 Å². The first-order chi connectivity index (χ1) is 8.47. The van der Waals surface area contributed by atoms with Gasteiger partial charge in [0.15, 0.2) is 0 Å². The minimum absolute atomic E-state index is 0.0105. The summed E-state index contributed by atoms with van der Waals surface area (Å²) in [4.78, 5) is 13.6. The SMILES string of the molecule is CCSC[C@@H](C)N(C)C(=O)c1ccc(O)cc1F. The van der Waals surface area contributed by atoms with Crippen LogP contribution < -0.4 is 0 Å². The molecule has 1 atom stereocenters. The number of phenols is 1. The van der Waals surface area contributed by atoms with Crippen LogP contribution in [-0.2, 0) is 0 Å². The summed E-state index contributed by atoms with van der Waals surface area (Å²) >= 11 is 1.74. The molecule has 0 aliphatic rings. The van der Waals surface area contributed by atoms with Gasteiger partial charge in [-0.1, -0.05) is 6.92 Å². The van der Waals surface area contributed by atoms with Gasteiger partial charge in [0.05, 0.1) is 5.56 Å². The van der Waals surface area contributed by atoms with E-state index in [9.17, 15) is 9.18 Å². The second-order valence-electron chi connectivity index (χ2n) is 4.09. The molecule has 0 unspecified atom stereocenters. The third-order valence-corrected chi connectivity index (χ3v) is 3.85. The molecule has 0 fully saturated rings. The molecule has 0 aromatic heterocycles. The van der Waals surface area contributed by atoms with Crippen LogP contribution in [0, 0.1) is 5.82 Å². The molecule has 1 N–H and O–H groups in total. The summed E-state index contributed by atoms with van der Waals surface area (Å²) < 4.78 is 13.6. The molecule has 1 rings (SSSR count). The number of rotatable bonds is 5. The summed E-state index contributed by atoms with van der Waals surface area (Å²) in [6, 6.07) is 3.61. The number of aromatic hydroxyl groups is 1. The number of amides is 1. The Morgan fingerprint density at radius 1 is 1.56 bits per heavy atom. The Bertz CT molecular complexity index is 425. The van der Waals surface area contributed by atoms with Gasteiger partial charge in [-0.05, 0) is 24.8 Å². The maximum absolute atomic E-state index is 13.6. The van der Waals surface area contributed by atoms with Crippen LogP contribution in [0.15, 0.2) is 18.2 Å². The fraction of sp³-hybridized carbons (Fsp3) is 0.462. The predicted octanol–water partition coefficient (Wildman–Crippen LogP) is 2.74. The maximum Gasteiger partial charge on any atom is 0.256 e. The van der Waals surface area contributed by atoms with E-state index in [-0.39, 0.29) is 23.3 Å². The van der Waals surface area contributed by atoms with Crippen LogP contribution in [-0.4, -0.2) is 40.5 Å². The van der Waals surface area contributed by atoms with Crippen molar-refractivity contribution in [2.24, 2.45) is 0 Å². The topological polar surface area (TPSA) is 40.5 Å². The summed E-state index contributed by atoms with van der Waals surface area (Å²) in [5, 5.41) is 9.11. The number of nitrogens with zero attached hydrogens (tertiary/aromatic N) is 1. The van der Waals surface area contributed by atoms with E-state index in [0.717, 1.165) is 17.6 Å². The molecule has 0 bridgehead atoms. The van der Waals surface area contributed by atoms with Gasteiger partial charge in [0, 0.05) is 24.9 Å². The highest BCUT2D eigenvalue weighted by Crippen LogP contribution is 2.18. The van der Waals surface area contributed by atoms with E-state index in [1.807, 2.05) is 6.92 Å². The van der Waals surface area contributed by atoms with Gasteiger partial charge in [-0.2, -0.15) is 11.8 Å². The van der Waals surface area contributed by atoms with Crippen molar-refractivity contribution >= 4 is 17.7 Å². The van der Waals surface area contributed by atoms with Gasteiger partial charge in [-0.25, -0.2) is 4.39 Å². The standard InChI is InChI=1S/C13H18FNO2S/c1-4-18-8-9(2)15(3)13(17)11-6-5-10(16)7-12(11)14/h5-7,9,16H,4,8H2,1-3H3/t9-/m1/s1. The highest BCUT2D eigenvalue weighted by atomic mass is 32.2. The zero-order chi connectivity index (χ0) is 13.7. The van der Waals surface area contributed by atoms with Crippen LogP contribution in [0.3, 0.4) is 0 Å². The fourth-order valence-electron chi connectivity index (χ4n) is 1.47. The second-order valence-corrected chi connectivity index (χ2v) is 5.41. The lowest BCUT2D eigenvalue weighted by Crippen LogP contribution is -2.37. The van der Waals surface area contributed by atoms with Crippen molar-refractivity contribution in [3.05, 3.63) is 29.6 Å². The Kier molecular flexibility index (Phi) is 5.47. The van der Waals surface area contributed by atoms with Crippen molar-refractivity contribution in [2.45, 2.75) is 19.9 Å². The molecule has 3 nitrogen and oxygen atoms in total. The molecule has 0 saturated heterocycles. The van der Waals surface area contributed by atoms with E-state index < -0.39 is 5.82 Å². The fourth-order valence-corrected chi connectivity index (χ4v) is 2.27. The number of hydrogen-bond acceptors (Lipinski definition) is 3. The number of hydrogen-bond donors (Lipinski definition) is 1. The van der Waals surface area contributed by atoms with Crippen molar-refractivity contribution in [1.82, 2.24) is 4.90 Å². The Hall–Kier alpha value is -1.23. The summed E-state index contributed by atoms with van der Waals surface area (Å²) in [5.74, 6) is 0.568. The highest BCUT2D eigenvalue weighted by Gasteiger charge is 2.20. The van der Waals surface area contributed by atoms with E-state index in [1.165, 1.54) is 17.0 Å². The lowest BCUT2D eigenvalue weighted by atomic mass is 10.1. The first kappa shape index (κ1) is 14.8. The lowest BCUT2D eigenvalue weighted by molar-refractivity contribution is 0.0753. The molecule has 18 heavy (non-hydrogen) atoms. The number of phenolic OH excluding ortho intramolecular Hbond substituents is 1. The van der Waals surface area contributed by atoms with Crippen LogP contribution in [0.4, 0.5) is 4.39 Å². The molecule has 1 aromatic rings. The minimum atomic E-state index is -0.692. The van der Waals surface area contributed by atoms with Crippen LogP contribution in [0.2, 0.25) is 0 Å². The Morgan fingerprint density at radius 3 is 2.78 bits per heavy atom. The highest BCUT2D eigenvalue weighted by molar-refractivity contribution is 7.99. The molecule has 0 radical (unpaired) electrons. The van der Waals surface area contributed by atoms with Crippen LogP contribution >= 0.6 is 11.8 Å². The third kappa shape index (κ3) is 3.63. The van der Waals surface area contributed by atoms with Crippen molar-refractivity contribution in [2.75, 3.05) is 18.6 Å². The molecular weight excluding hydrogens is 253 g/mol. The number of halogens is 1. The molecule has 1 aromatic carbocycles. The Morgan fingerprint density at radius 2 is 2.22 bits per heavy atom. The van der Waals surface area contributed by atoms with Crippen LogP contribution in [0.25, 0.3) is 0 Å². The lowest BCUT2D eigenvalue weighted by Gasteiger charge is -2.24. The quantitative estimate of drug-likeness (QED) is 0.895. The van der Waals surface area contributed by atoms with Gasteiger partial charge < -0.3 is 10.0 Å². The molecule has 5 heteroatoms. The van der Waals surface area contributed by atoms with Crippen molar-refractivity contribution in [1.29, 1.82) is 0 Å². The summed E-state index contributed by atoms with van der Waals surface area (Å²) in [7, 11) is 1.66. The second kappa shape index (κ2) is 6.64. The van der Waals surface area contributed by atoms with Gasteiger partial charge in [0.25, 0.3) is 5.91 Å². The van der Waals surface area contributed by atoms with Crippen molar-refractivity contribution in [3.8, 4) is 5.75 Å². The summed E-state index contributed by atoms with van der Waals surface area (Å²) in [5.41, 5.74) is -0.0105. The predicted molar refractivity (Wildman–Crippen MR) is 72.6 cm³/mol. The van der Waals surface area contributed by atoms with Gasteiger partial charge in [-0.3, -0.25) is 4.79 Å². The van der Waals surface area contributed by atoms with Gasteiger partial charge >= 0.3 is 0 Å². The van der Waals surface area contributed by atoms with Crippen molar-refractivity contribution < 1.29 is 14.3 Å². The molecule has 0 saturated carbocycles. The largest absolute Gasteiger partial charge is 0.508 e. The first-order valence-electron chi connectivity index (χ1n) is 5.80. The van der Waals surface area contributed by atoms with Crippen LogP contribution in [0.1, 0.15) is 24.2 Å². The third-order valence-electron chi connectivity index (χ3n) is 2.73. The Balaban J connectivity index is 2.79. The number of benzene rings is 1. The average Bonchev–Trinajstić information content (AvgIpc) is 2.34. The van der Waals surface area contributed by atoms with Crippen LogP contribution in [0.5, 0.6) is 5.75 Å². The Labute approximate surface area is 111 Å². The van der Waals surface area contributed by atoms with E-state index in [1.54, 1.807) is 18.8 Å².